The lowest BCUT2D eigenvalue weighted by Gasteiger charge is -2.20. The first-order valence-electron chi connectivity index (χ1n) is 14.1. The highest BCUT2D eigenvalue weighted by molar-refractivity contribution is 7.91. The first-order chi connectivity index (χ1) is 22.1. The molecule has 2 atom stereocenters. The van der Waals surface area contributed by atoms with Gasteiger partial charge in [0.25, 0.3) is 9.84 Å². The Hall–Kier alpha value is -5.28. The summed E-state index contributed by atoms with van der Waals surface area (Å²) in [7, 11) is -4.27. The van der Waals surface area contributed by atoms with Crippen molar-refractivity contribution in [2.45, 2.75) is 47.8 Å². The molecule has 4 rings (SSSR count). The van der Waals surface area contributed by atoms with Crippen LogP contribution in [0.15, 0.2) is 99.5 Å². The molecule has 0 radical (unpaired) electrons. The van der Waals surface area contributed by atoms with Gasteiger partial charge < -0.3 is 30.2 Å². The first kappa shape index (κ1) is 33.6. The fraction of sp³-hybridized carbons (Fsp3) is 0.258. The van der Waals surface area contributed by atoms with E-state index in [0.717, 1.165) is 16.7 Å². The first-order valence-corrected chi connectivity index (χ1v) is 15.6. The van der Waals surface area contributed by atoms with Crippen molar-refractivity contribution in [2.75, 3.05) is 13.2 Å². The number of sulfone groups is 1. The fourth-order valence-electron chi connectivity index (χ4n) is 4.44. The molecule has 3 N–H and O–H groups in total. The number of ether oxygens (including phenoxy) is 2. The largest absolute Gasteiger partial charge is 0.474 e. The zero-order valence-corrected chi connectivity index (χ0v) is 25.2. The van der Waals surface area contributed by atoms with E-state index >= 15 is 0 Å². The average Bonchev–Trinajstić information content (AvgIpc) is 3.44. The van der Waals surface area contributed by atoms with Gasteiger partial charge in [-0.1, -0.05) is 72.8 Å². The van der Waals surface area contributed by atoms with Gasteiger partial charge in [-0.05, 0) is 53.0 Å². The molecule has 0 saturated carbocycles. The minimum Gasteiger partial charge on any atom is -0.474 e. The van der Waals surface area contributed by atoms with Crippen LogP contribution in [0.1, 0.15) is 24.8 Å². The molecule has 3 aromatic carbocycles. The number of rotatable bonds is 15. The highest BCUT2D eigenvalue weighted by Crippen LogP contribution is 2.25. The molecule has 14 nitrogen and oxygen atoms in total. The normalized spacial score (nSPS) is 12.5. The van der Waals surface area contributed by atoms with Gasteiger partial charge in [0, 0.05) is 12.5 Å². The van der Waals surface area contributed by atoms with E-state index in [4.69, 9.17) is 14.6 Å². The van der Waals surface area contributed by atoms with Crippen LogP contribution in [-0.4, -0.2) is 67.0 Å². The molecule has 0 aliphatic rings. The predicted molar refractivity (Wildman–Crippen MR) is 159 cm³/mol. The third kappa shape index (κ3) is 8.89. The maximum Gasteiger partial charge on any atom is 0.414 e. The number of aromatic nitrogens is 2. The number of benzene rings is 3. The molecule has 242 valence electrons. The van der Waals surface area contributed by atoms with E-state index in [2.05, 4.69) is 15.1 Å². The van der Waals surface area contributed by atoms with Gasteiger partial charge in [0.15, 0.2) is 6.10 Å². The minimum absolute atomic E-state index is 0.101. The maximum atomic E-state index is 12.8. The second kappa shape index (κ2) is 15.6. The standard InChI is InChI=1S/C31H31N3O11S/c35-26(20-24(32-27(36)30(37)38)19-21-13-15-23(16-14-21)22-9-3-1-4-10-22)31(39)44-18-8-7-17-43-28-29(34(40)45-33-28)46(41,42)25-11-5-2-6-12-25/h1-6,9-16,24,26,35H,7-8,17-20H2,(H,32,36)(H,37,38)/t24-,26-/m1/s1. The molecule has 0 aliphatic heterocycles. The Kier molecular flexibility index (Phi) is 11.4. The summed E-state index contributed by atoms with van der Waals surface area (Å²) in [6, 6.07) is 23.3. The molecular weight excluding hydrogens is 622 g/mol. The summed E-state index contributed by atoms with van der Waals surface area (Å²) in [5.74, 6) is -4.48. The third-order valence-corrected chi connectivity index (χ3v) is 8.45. The van der Waals surface area contributed by atoms with Gasteiger partial charge in [-0.25, -0.2) is 18.0 Å². The third-order valence-electron chi connectivity index (χ3n) is 6.73. The van der Waals surface area contributed by atoms with E-state index < -0.39 is 50.7 Å². The van der Waals surface area contributed by atoms with Crippen molar-refractivity contribution in [1.82, 2.24) is 10.5 Å². The molecule has 0 fully saturated rings. The lowest BCUT2D eigenvalue weighted by molar-refractivity contribution is -0.832. The summed E-state index contributed by atoms with van der Waals surface area (Å²) in [5.41, 5.74) is 2.70. The van der Waals surface area contributed by atoms with Crippen LogP contribution in [0.5, 0.6) is 5.88 Å². The number of hydrogen-bond donors (Lipinski definition) is 3. The van der Waals surface area contributed by atoms with E-state index in [1.165, 1.54) is 24.3 Å². The summed E-state index contributed by atoms with van der Waals surface area (Å²) >= 11 is 0. The second-order valence-electron chi connectivity index (χ2n) is 10.1. The number of hydrogen-bond acceptors (Lipinski definition) is 11. The molecule has 0 bridgehead atoms. The van der Waals surface area contributed by atoms with Crippen LogP contribution in [0.3, 0.4) is 0 Å². The SMILES string of the molecule is O=C(O)C(=O)N[C@H](Cc1ccc(-c2ccccc2)cc1)C[C@@H](O)C(=O)OCCCCOc1no[n+]([O-])c1S(=O)(=O)c1ccccc1. The molecule has 4 aromatic rings. The summed E-state index contributed by atoms with van der Waals surface area (Å²) in [6.45, 7) is -0.238. The second-order valence-corrected chi connectivity index (χ2v) is 11.9. The lowest BCUT2D eigenvalue weighted by atomic mass is 9.98. The molecule has 0 saturated heterocycles. The number of nitrogens with zero attached hydrogens (tertiary/aromatic N) is 2. The summed E-state index contributed by atoms with van der Waals surface area (Å²) in [4.78, 5) is 35.0. The molecule has 15 heteroatoms. The average molecular weight is 654 g/mol. The molecule has 1 heterocycles. The van der Waals surface area contributed by atoms with Crippen molar-refractivity contribution in [3.8, 4) is 17.0 Å². The van der Waals surface area contributed by atoms with Crippen molar-refractivity contribution in [2.24, 2.45) is 0 Å². The van der Waals surface area contributed by atoms with Crippen LogP contribution in [0.2, 0.25) is 0 Å². The van der Waals surface area contributed by atoms with E-state index in [1.54, 1.807) is 6.07 Å². The Morgan fingerprint density at radius 2 is 1.52 bits per heavy atom. The number of unbranched alkanes of at least 4 members (excludes halogenated alkanes) is 1. The number of nitrogens with one attached hydrogen (secondary N) is 1. The highest BCUT2D eigenvalue weighted by Gasteiger charge is 2.35. The van der Waals surface area contributed by atoms with Gasteiger partial charge in [-0.15, -0.1) is 0 Å². The van der Waals surface area contributed by atoms with Crippen LogP contribution in [-0.2, 0) is 35.4 Å². The van der Waals surface area contributed by atoms with Crippen molar-refractivity contribution in [1.29, 1.82) is 0 Å². The Balaban J connectivity index is 1.25. The van der Waals surface area contributed by atoms with Crippen molar-refractivity contribution < 1.29 is 52.0 Å². The molecule has 0 unspecified atom stereocenters. The summed E-state index contributed by atoms with van der Waals surface area (Å²) in [6.07, 6.45) is -1.34. The highest BCUT2D eigenvalue weighted by atomic mass is 32.2. The Labute approximate surface area is 263 Å². The summed E-state index contributed by atoms with van der Waals surface area (Å²) < 4.78 is 40.5. The van der Waals surface area contributed by atoms with Crippen molar-refractivity contribution in [3.63, 3.8) is 0 Å². The number of carbonyl (C=O) groups excluding carboxylic acids is 2. The Morgan fingerprint density at radius 3 is 2.17 bits per heavy atom. The lowest BCUT2D eigenvalue weighted by Crippen LogP contribution is -2.43. The van der Waals surface area contributed by atoms with Crippen LogP contribution in [0, 0.1) is 5.21 Å². The molecule has 0 aliphatic carbocycles. The van der Waals surface area contributed by atoms with Gasteiger partial charge in [-0.3, -0.25) is 9.42 Å². The number of carboxylic acids is 1. The minimum atomic E-state index is -4.27. The van der Waals surface area contributed by atoms with Crippen molar-refractivity contribution in [3.05, 3.63) is 95.7 Å². The predicted octanol–water partition coefficient (Wildman–Crippen LogP) is 2.07. The van der Waals surface area contributed by atoms with E-state index in [-0.39, 0.29) is 48.7 Å². The maximum absolute atomic E-state index is 12.8. The summed E-state index contributed by atoms with van der Waals surface area (Å²) in [5, 5.41) is 36.4. The van der Waals surface area contributed by atoms with Crippen LogP contribution < -0.4 is 15.0 Å². The molecular formula is C31H31N3O11S. The Bertz CT molecular complexity index is 1730. The van der Waals surface area contributed by atoms with Gasteiger partial charge >= 0.3 is 28.8 Å². The quantitative estimate of drug-likeness (QED) is 0.0729. The van der Waals surface area contributed by atoms with Crippen LogP contribution >= 0.6 is 0 Å². The molecule has 1 amide bonds. The zero-order valence-electron chi connectivity index (χ0n) is 24.4. The van der Waals surface area contributed by atoms with E-state index in [0.29, 0.717) is 0 Å². The molecule has 1 aromatic heterocycles. The fourth-order valence-corrected chi connectivity index (χ4v) is 5.73. The molecule has 46 heavy (non-hydrogen) atoms. The van der Waals surface area contributed by atoms with E-state index in [1.807, 2.05) is 54.6 Å². The van der Waals surface area contributed by atoms with Gasteiger partial charge in [0.2, 0.25) is 0 Å². The number of aliphatic hydroxyl groups excluding tert-OH is 1. The van der Waals surface area contributed by atoms with Crippen LogP contribution in [0.4, 0.5) is 0 Å². The number of aliphatic hydroxyl groups is 1. The smallest absolute Gasteiger partial charge is 0.414 e. The Morgan fingerprint density at radius 1 is 0.913 bits per heavy atom. The number of carboxylic acid groups (broad SMARTS) is 1. The topological polar surface area (TPSA) is 209 Å². The number of carbonyl (C=O) groups is 3. The zero-order chi connectivity index (χ0) is 33.1. The van der Waals surface area contributed by atoms with Gasteiger partial charge in [0.05, 0.1) is 23.3 Å². The molecule has 0 spiro atoms. The number of amides is 1. The van der Waals surface area contributed by atoms with E-state index in [9.17, 15) is 33.1 Å². The monoisotopic (exact) mass is 653 g/mol. The van der Waals surface area contributed by atoms with Gasteiger partial charge in [-0.2, -0.15) is 0 Å². The van der Waals surface area contributed by atoms with Gasteiger partial charge in [0.1, 0.15) is 0 Å². The number of aliphatic carboxylic acids is 1. The number of esters is 1. The van der Waals surface area contributed by atoms with Crippen molar-refractivity contribution >= 4 is 27.7 Å². The van der Waals surface area contributed by atoms with Crippen LogP contribution in [0.25, 0.3) is 11.1 Å².